The molecule has 1 aliphatic rings. The van der Waals surface area contributed by atoms with Crippen LogP contribution in [0.4, 0.5) is 0 Å². The van der Waals surface area contributed by atoms with Gasteiger partial charge in [0.05, 0.1) is 12.3 Å². The van der Waals surface area contributed by atoms with Gasteiger partial charge in [-0.05, 0) is 19.3 Å². The maximum Gasteiger partial charge on any atom is 0.126 e. The quantitative estimate of drug-likeness (QED) is 0.723. The molecular weight excluding hydrogens is 198 g/mol. The Morgan fingerprint density at radius 2 is 2.12 bits per heavy atom. The molecule has 1 aromatic rings. The molecular formula is C14H21NO. The summed E-state index contributed by atoms with van der Waals surface area (Å²) in [5.74, 6) is 1.07. The molecule has 0 N–H and O–H groups in total. The third kappa shape index (κ3) is 2.06. The Morgan fingerprint density at radius 1 is 1.38 bits per heavy atom. The van der Waals surface area contributed by atoms with Gasteiger partial charge in [0.1, 0.15) is 5.75 Å². The molecule has 0 saturated heterocycles. The smallest absolute Gasteiger partial charge is 0.126 e. The van der Waals surface area contributed by atoms with E-state index in [4.69, 9.17) is 9.72 Å². The summed E-state index contributed by atoms with van der Waals surface area (Å²) in [5.41, 5.74) is 3.80. The predicted molar refractivity (Wildman–Crippen MR) is 66.1 cm³/mol. The molecule has 2 heteroatoms. The Bertz CT molecular complexity index is 390. The number of hydrogen-bond acceptors (Lipinski definition) is 2. The number of nitrogens with zero attached hydrogens (tertiary/aromatic N) is 1. The molecule has 0 aromatic carbocycles. The third-order valence-electron chi connectivity index (χ3n) is 3.04. The summed E-state index contributed by atoms with van der Waals surface area (Å²) in [5, 5.41) is 0. The Balaban J connectivity index is 2.56. The lowest BCUT2D eigenvalue weighted by atomic mass is 9.86. The predicted octanol–water partition coefficient (Wildman–Crippen LogP) is 3.27. The summed E-state index contributed by atoms with van der Waals surface area (Å²) in [6, 6.07) is 2.11. The number of aryl methyl sites for hydroxylation is 1. The van der Waals surface area contributed by atoms with E-state index in [0.29, 0.717) is 0 Å². The van der Waals surface area contributed by atoms with Crippen molar-refractivity contribution >= 4 is 0 Å². The monoisotopic (exact) mass is 219 g/mol. The van der Waals surface area contributed by atoms with Crippen LogP contribution in [-0.4, -0.2) is 11.6 Å². The normalized spacial score (nSPS) is 15.5. The minimum atomic E-state index is 0.107. The van der Waals surface area contributed by atoms with E-state index in [2.05, 4.69) is 33.8 Å². The first kappa shape index (κ1) is 11.4. The fraction of sp³-hybridized carbons (Fsp3) is 0.643. The molecule has 1 aliphatic heterocycles. The standard InChI is InChI=1S/C14H21NO/c1-5-10-9-12-11(7-6-8-16-12)13(15-10)14(2,3)4/h9H,5-8H2,1-4H3. The Kier molecular flexibility index (Phi) is 2.92. The SMILES string of the molecule is CCc1cc2c(c(C(C)(C)C)n1)CCCO2. The van der Waals surface area contributed by atoms with Crippen LogP contribution in [0, 0.1) is 0 Å². The van der Waals surface area contributed by atoms with Crippen molar-refractivity contribution in [1.82, 2.24) is 4.98 Å². The van der Waals surface area contributed by atoms with Crippen LogP contribution in [0.25, 0.3) is 0 Å². The Morgan fingerprint density at radius 3 is 2.75 bits per heavy atom. The van der Waals surface area contributed by atoms with Crippen LogP contribution in [-0.2, 0) is 18.3 Å². The van der Waals surface area contributed by atoms with Crippen LogP contribution in [0.15, 0.2) is 6.07 Å². The van der Waals surface area contributed by atoms with Gasteiger partial charge in [0.2, 0.25) is 0 Å². The molecule has 0 amide bonds. The van der Waals surface area contributed by atoms with Gasteiger partial charge in [0.15, 0.2) is 0 Å². The fourth-order valence-corrected chi connectivity index (χ4v) is 2.20. The second kappa shape index (κ2) is 4.08. The molecule has 0 radical (unpaired) electrons. The molecule has 2 rings (SSSR count). The Labute approximate surface area is 98.0 Å². The van der Waals surface area contributed by atoms with Gasteiger partial charge in [-0.25, -0.2) is 0 Å². The van der Waals surface area contributed by atoms with E-state index in [1.165, 1.54) is 11.3 Å². The average Bonchev–Trinajstić information content (AvgIpc) is 2.26. The highest BCUT2D eigenvalue weighted by Gasteiger charge is 2.25. The zero-order valence-corrected chi connectivity index (χ0v) is 10.8. The average molecular weight is 219 g/mol. The number of ether oxygens (including phenoxy) is 1. The molecule has 0 unspecified atom stereocenters. The lowest BCUT2D eigenvalue weighted by molar-refractivity contribution is 0.284. The highest BCUT2D eigenvalue weighted by atomic mass is 16.5. The Hall–Kier alpha value is -1.05. The van der Waals surface area contributed by atoms with Gasteiger partial charge in [0, 0.05) is 22.7 Å². The maximum absolute atomic E-state index is 5.76. The van der Waals surface area contributed by atoms with E-state index in [-0.39, 0.29) is 5.41 Å². The minimum absolute atomic E-state index is 0.107. The molecule has 2 heterocycles. The van der Waals surface area contributed by atoms with Crippen molar-refractivity contribution in [2.45, 2.75) is 52.4 Å². The van der Waals surface area contributed by atoms with Crippen molar-refractivity contribution in [1.29, 1.82) is 0 Å². The molecule has 0 spiro atoms. The van der Waals surface area contributed by atoms with Crippen molar-refractivity contribution < 1.29 is 4.74 Å². The molecule has 16 heavy (non-hydrogen) atoms. The van der Waals surface area contributed by atoms with Gasteiger partial charge in [0.25, 0.3) is 0 Å². The highest BCUT2D eigenvalue weighted by Crippen LogP contribution is 2.34. The lowest BCUT2D eigenvalue weighted by Gasteiger charge is -2.27. The summed E-state index contributed by atoms with van der Waals surface area (Å²) in [6.07, 6.45) is 3.20. The second-order valence-electron chi connectivity index (χ2n) is 5.49. The van der Waals surface area contributed by atoms with Crippen LogP contribution in [0.2, 0.25) is 0 Å². The molecule has 0 aliphatic carbocycles. The summed E-state index contributed by atoms with van der Waals surface area (Å²) >= 11 is 0. The number of rotatable bonds is 1. The van der Waals surface area contributed by atoms with Gasteiger partial charge in [-0.15, -0.1) is 0 Å². The maximum atomic E-state index is 5.76. The van der Waals surface area contributed by atoms with Crippen LogP contribution in [0.3, 0.4) is 0 Å². The number of aromatic nitrogens is 1. The van der Waals surface area contributed by atoms with Gasteiger partial charge in [-0.3, -0.25) is 4.98 Å². The van der Waals surface area contributed by atoms with E-state index in [1.807, 2.05) is 0 Å². The number of hydrogen-bond donors (Lipinski definition) is 0. The van der Waals surface area contributed by atoms with Crippen molar-refractivity contribution in [3.63, 3.8) is 0 Å². The first-order valence-corrected chi connectivity index (χ1v) is 6.18. The first-order valence-electron chi connectivity index (χ1n) is 6.18. The van der Waals surface area contributed by atoms with Crippen LogP contribution >= 0.6 is 0 Å². The molecule has 0 atom stereocenters. The third-order valence-corrected chi connectivity index (χ3v) is 3.04. The van der Waals surface area contributed by atoms with Crippen LogP contribution in [0.5, 0.6) is 5.75 Å². The largest absolute Gasteiger partial charge is 0.493 e. The highest BCUT2D eigenvalue weighted by molar-refractivity contribution is 5.42. The van der Waals surface area contributed by atoms with Crippen LogP contribution in [0.1, 0.15) is 51.1 Å². The summed E-state index contributed by atoms with van der Waals surface area (Å²) in [7, 11) is 0. The zero-order chi connectivity index (χ0) is 11.8. The number of fused-ring (bicyclic) bond motifs is 1. The van der Waals surface area contributed by atoms with Crippen molar-refractivity contribution in [3.8, 4) is 5.75 Å². The van der Waals surface area contributed by atoms with E-state index in [9.17, 15) is 0 Å². The molecule has 0 saturated carbocycles. The van der Waals surface area contributed by atoms with Gasteiger partial charge in [-0.1, -0.05) is 27.7 Å². The lowest BCUT2D eigenvalue weighted by Crippen LogP contribution is -2.21. The van der Waals surface area contributed by atoms with E-state index >= 15 is 0 Å². The van der Waals surface area contributed by atoms with E-state index < -0.39 is 0 Å². The molecule has 88 valence electrons. The van der Waals surface area contributed by atoms with E-state index in [0.717, 1.165) is 37.3 Å². The topological polar surface area (TPSA) is 22.1 Å². The minimum Gasteiger partial charge on any atom is -0.493 e. The fourth-order valence-electron chi connectivity index (χ4n) is 2.20. The molecule has 1 aromatic heterocycles. The van der Waals surface area contributed by atoms with Crippen molar-refractivity contribution in [2.24, 2.45) is 0 Å². The summed E-state index contributed by atoms with van der Waals surface area (Å²) < 4.78 is 5.76. The number of pyridine rings is 1. The van der Waals surface area contributed by atoms with Gasteiger partial charge < -0.3 is 4.74 Å². The summed E-state index contributed by atoms with van der Waals surface area (Å²) in [4.78, 5) is 4.80. The summed E-state index contributed by atoms with van der Waals surface area (Å²) in [6.45, 7) is 9.67. The van der Waals surface area contributed by atoms with E-state index in [1.54, 1.807) is 0 Å². The molecule has 0 fully saturated rings. The van der Waals surface area contributed by atoms with Gasteiger partial charge in [-0.2, -0.15) is 0 Å². The molecule has 0 bridgehead atoms. The second-order valence-corrected chi connectivity index (χ2v) is 5.49. The zero-order valence-electron chi connectivity index (χ0n) is 10.8. The molecule has 2 nitrogen and oxygen atoms in total. The van der Waals surface area contributed by atoms with Crippen molar-refractivity contribution in [2.75, 3.05) is 6.61 Å². The van der Waals surface area contributed by atoms with Crippen molar-refractivity contribution in [3.05, 3.63) is 23.0 Å². The first-order chi connectivity index (χ1) is 7.52. The van der Waals surface area contributed by atoms with Crippen LogP contribution < -0.4 is 4.74 Å². The van der Waals surface area contributed by atoms with Gasteiger partial charge >= 0.3 is 0 Å².